The van der Waals surface area contributed by atoms with Crippen molar-refractivity contribution in [2.24, 2.45) is 5.92 Å². The molecule has 3 rings (SSSR count). The highest BCUT2D eigenvalue weighted by atomic mass is 32.2. The number of nitrogens with one attached hydrogen (secondary N) is 2. The fraction of sp³-hybridized carbons (Fsp3) is 0.238. The van der Waals surface area contributed by atoms with Crippen molar-refractivity contribution in [3.8, 4) is 11.4 Å². The molecule has 0 aliphatic rings. The van der Waals surface area contributed by atoms with Crippen LogP contribution in [-0.4, -0.2) is 35.7 Å². The molecule has 0 aliphatic heterocycles. The van der Waals surface area contributed by atoms with Gasteiger partial charge in [-0.25, -0.2) is 8.42 Å². The van der Waals surface area contributed by atoms with Gasteiger partial charge in [0.05, 0.1) is 6.26 Å². The Morgan fingerprint density at radius 3 is 2.39 bits per heavy atom. The first-order valence-corrected chi connectivity index (χ1v) is 11.4. The Hall–Kier alpha value is -3.53. The Morgan fingerprint density at radius 2 is 1.77 bits per heavy atom. The predicted molar refractivity (Wildman–Crippen MR) is 117 cm³/mol. The van der Waals surface area contributed by atoms with Crippen LogP contribution in [0.5, 0.6) is 0 Å². The number of nitrogens with zero attached hydrogens (tertiary/aromatic N) is 3. The quantitative estimate of drug-likeness (QED) is 0.514. The lowest BCUT2D eigenvalue weighted by Gasteiger charge is -2.17. The molecular weight excluding hydrogens is 418 g/mol. The second-order valence-corrected chi connectivity index (χ2v) is 9.00. The first kappa shape index (κ1) is 22.2. The minimum Gasteiger partial charge on any atom is -0.340 e. The maximum Gasteiger partial charge on any atom is 0.249 e. The van der Waals surface area contributed by atoms with E-state index in [1.54, 1.807) is 54.9 Å². The summed E-state index contributed by atoms with van der Waals surface area (Å²) in [6, 6.07) is 9.74. The summed E-state index contributed by atoms with van der Waals surface area (Å²) >= 11 is 0. The van der Waals surface area contributed by atoms with E-state index in [1.807, 2.05) is 13.8 Å². The molecule has 3 aromatic rings. The summed E-state index contributed by atoms with van der Waals surface area (Å²) in [5.41, 5.74) is 1.96. The van der Waals surface area contributed by atoms with Crippen LogP contribution < -0.4 is 10.0 Å². The Balaban J connectivity index is 1.67. The van der Waals surface area contributed by atoms with Gasteiger partial charge in [0.2, 0.25) is 27.6 Å². The van der Waals surface area contributed by atoms with Crippen molar-refractivity contribution in [1.82, 2.24) is 20.4 Å². The number of carbonyl (C=O) groups excluding carboxylic acids is 1. The molecule has 162 valence electrons. The standard InChI is InChI=1S/C21H23N5O4S/c1-14(2)19(21-24-20(25-30-21)16-10-12-22-13-11-16)23-18(27)9-6-15-4-7-17(8-5-15)26-31(3,28)29/h4-14,19,26H,1-3H3,(H,23,27)/b9-6+. The van der Waals surface area contributed by atoms with Crippen LogP contribution in [0.25, 0.3) is 17.5 Å². The number of sulfonamides is 1. The molecule has 1 aromatic carbocycles. The fourth-order valence-corrected chi connectivity index (χ4v) is 3.31. The number of rotatable bonds is 8. The Kier molecular flexibility index (Phi) is 6.81. The van der Waals surface area contributed by atoms with Gasteiger partial charge in [0.1, 0.15) is 6.04 Å². The molecule has 0 saturated heterocycles. The number of aromatic nitrogens is 3. The van der Waals surface area contributed by atoms with E-state index in [0.717, 1.165) is 17.4 Å². The average molecular weight is 442 g/mol. The van der Waals surface area contributed by atoms with Crippen LogP contribution in [0.3, 0.4) is 0 Å². The lowest BCUT2D eigenvalue weighted by atomic mass is 10.0. The van der Waals surface area contributed by atoms with Gasteiger partial charge in [-0.15, -0.1) is 0 Å². The Labute approximate surface area is 180 Å². The van der Waals surface area contributed by atoms with E-state index in [-0.39, 0.29) is 11.8 Å². The van der Waals surface area contributed by atoms with Crippen LogP contribution in [-0.2, 0) is 14.8 Å². The molecule has 0 aliphatic carbocycles. The summed E-state index contributed by atoms with van der Waals surface area (Å²) in [5.74, 6) is 0.445. The zero-order valence-corrected chi connectivity index (χ0v) is 18.1. The van der Waals surface area contributed by atoms with Crippen LogP contribution in [0, 0.1) is 5.92 Å². The lowest BCUT2D eigenvalue weighted by Crippen LogP contribution is -2.30. The Bertz CT molecular complexity index is 1160. The Morgan fingerprint density at radius 1 is 1.10 bits per heavy atom. The van der Waals surface area contributed by atoms with E-state index in [9.17, 15) is 13.2 Å². The summed E-state index contributed by atoms with van der Waals surface area (Å²) in [4.78, 5) is 20.8. The van der Waals surface area contributed by atoms with Crippen molar-refractivity contribution in [3.05, 3.63) is 66.3 Å². The molecule has 0 bridgehead atoms. The van der Waals surface area contributed by atoms with Gasteiger partial charge < -0.3 is 9.84 Å². The van der Waals surface area contributed by atoms with Gasteiger partial charge in [-0.05, 0) is 41.8 Å². The lowest BCUT2D eigenvalue weighted by molar-refractivity contribution is -0.117. The molecular formula is C21H23N5O4S. The minimum atomic E-state index is -3.34. The largest absolute Gasteiger partial charge is 0.340 e. The van der Waals surface area contributed by atoms with Gasteiger partial charge in [0.15, 0.2) is 0 Å². The normalized spacial score (nSPS) is 12.8. The summed E-state index contributed by atoms with van der Waals surface area (Å²) < 4.78 is 30.3. The van der Waals surface area contributed by atoms with Crippen molar-refractivity contribution in [3.63, 3.8) is 0 Å². The molecule has 1 atom stereocenters. The van der Waals surface area contributed by atoms with Gasteiger partial charge >= 0.3 is 0 Å². The molecule has 9 nitrogen and oxygen atoms in total. The van der Waals surface area contributed by atoms with E-state index < -0.39 is 16.1 Å². The molecule has 0 radical (unpaired) electrons. The molecule has 1 unspecified atom stereocenters. The van der Waals surface area contributed by atoms with Crippen LogP contribution in [0.4, 0.5) is 5.69 Å². The number of pyridine rings is 1. The first-order chi connectivity index (χ1) is 14.7. The number of benzene rings is 1. The van der Waals surface area contributed by atoms with E-state index in [0.29, 0.717) is 17.4 Å². The average Bonchev–Trinajstić information content (AvgIpc) is 3.20. The molecule has 0 fully saturated rings. The molecule has 1 amide bonds. The van der Waals surface area contributed by atoms with Crippen molar-refractivity contribution in [1.29, 1.82) is 0 Å². The van der Waals surface area contributed by atoms with Gasteiger partial charge in [-0.2, -0.15) is 4.98 Å². The smallest absolute Gasteiger partial charge is 0.249 e. The van der Waals surface area contributed by atoms with Crippen LogP contribution in [0.15, 0.2) is 59.4 Å². The van der Waals surface area contributed by atoms with Crippen molar-refractivity contribution < 1.29 is 17.7 Å². The van der Waals surface area contributed by atoms with E-state index in [4.69, 9.17) is 4.52 Å². The van der Waals surface area contributed by atoms with Gasteiger partial charge in [0.25, 0.3) is 0 Å². The van der Waals surface area contributed by atoms with Crippen LogP contribution >= 0.6 is 0 Å². The number of amides is 1. The third-order valence-corrected chi connectivity index (χ3v) is 4.86. The number of anilines is 1. The highest BCUT2D eigenvalue weighted by Gasteiger charge is 2.24. The van der Waals surface area contributed by atoms with Gasteiger partial charge in [-0.3, -0.25) is 14.5 Å². The van der Waals surface area contributed by atoms with E-state index in [1.165, 1.54) is 6.08 Å². The number of hydrogen-bond acceptors (Lipinski definition) is 7. The molecule has 0 saturated carbocycles. The van der Waals surface area contributed by atoms with E-state index in [2.05, 4.69) is 25.2 Å². The topological polar surface area (TPSA) is 127 Å². The molecule has 31 heavy (non-hydrogen) atoms. The summed E-state index contributed by atoms with van der Waals surface area (Å²) in [6.45, 7) is 3.89. The molecule has 2 N–H and O–H groups in total. The highest BCUT2D eigenvalue weighted by molar-refractivity contribution is 7.92. The zero-order chi connectivity index (χ0) is 22.4. The van der Waals surface area contributed by atoms with Crippen LogP contribution in [0.2, 0.25) is 0 Å². The number of hydrogen-bond donors (Lipinski definition) is 2. The summed E-state index contributed by atoms with van der Waals surface area (Å²) in [7, 11) is -3.34. The van der Waals surface area contributed by atoms with Gasteiger partial charge in [-0.1, -0.05) is 31.1 Å². The SMILES string of the molecule is CC(C)C(NC(=O)/C=C/c1ccc(NS(C)(=O)=O)cc1)c1nc(-c2ccncc2)no1. The van der Waals surface area contributed by atoms with Crippen molar-refractivity contribution >= 4 is 27.7 Å². The molecule has 2 aromatic heterocycles. The summed E-state index contributed by atoms with van der Waals surface area (Å²) in [6.07, 6.45) is 7.39. The molecule has 10 heteroatoms. The maximum atomic E-state index is 12.4. The van der Waals surface area contributed by atoms with Crippen molar-refractivity contribution in [2.75, 3.05) is 11.0 Å². The third-order valence-electron chi connectivity index (χ3n) is 4.25. The number of carbonyl (C=O) groups is 1. The minimum absolute atomic E-state index is 0.0180. The monoisotopic (exact) mass is 441 g/mol. The van der Waals surface area contributed by atoms with Gasteiger partial charge in [0, 0.05) is 29.7 Å². The summed E-state index contributed by atoms with van der Waals surface area (Å²) in [5, 5.41) is 6.88. The van der Waals surface area contributed by atoms with Crippen LogP contribution in [0.1, 0.15) is 31.3 Å². The second-order valence-electron chi connectivity index (χ2n) is 7.25. The molecule has 0 spiro atoms. The maximum absolute atomic E-state index is 12.4. The first-order valence-electron chi connectivity index (χ1n) is 9.52. The second kappa shape index (κ2) is 9.52. The van der Waals surface area contributed by atoms with E-state index >= 15 is 0 Å². The third kappa shape index (κ3) is 6.48. The highest BCUT2D eigenvalue weighted by Crippen LogP contribution is 2.23. The van der Waals surface area contributed by atoms with Crippen molar-refractivity contribution in [2.45, 2.75) is 19.9 Å². The fourth-order valence-electron chi connectivity index (χ4n) is 2.74. The predicted octanol–water partition coefficient (Wildman–Crippen LogP) is 3.03. The zero-order valence-electron chi connectivity index (χ0n) is 17.3. The molecule has 2 heterocycles.